The molecule has 0 radical (unpaired) electrons. The van der Waals surface area contributed by atoms with Gasteiger partial charge in [0.25, 0.3) is 0 Å². The standard InChI is InChI=1S/C16H13BrF2O2/c1-8-4-5-12(18)14(15(8)19)16(20)10-7-11(17)9(2)6-13(10)21-3/h4-7H,1-3H3. The zero-order chi connectivity index (χ0) is 15.7. The molecule has 0 heterocycles. The number of rotatable bonds is 3. The molecule has 0 bridgehead atoms. The first-order valence-corrected chi connectivity index (χ1v) is 6.99. The van der Waals surface area contributed by atoms with Crippen LogP contribution >= 0.6 is 15.9 Å². The number of benzene rings is 2. The van der Waals surface area contributed by atoms with E-state index in [1.165, 1.54) is 26.2 Å². The van der Waals surface area contributed by atoms with E-state index in [4.69, 9.17) is 4.74 Å². The fraction of sp³-hybridized carbons (Fsp3) is 0.188. The maximum Gasteiger partial charge on any atom is 0.202 e. The van der Waals surface area contributed by atoms with Gasteiger partial charge in [-0.2, -0.15) is 0 Å². The zero-order valence-corrected chi connectivity index (χ0v) is 13.3. The number of aryl methyl sites for hydroxylation is 2. The Kier molecular flexibility index (Phi) is 4.42. The van der Waals surface area contributed by atoms with Gasteiger partial charge >= 0.3 is 0 Å². The van der Waals surface area contributed by atoms with Crippen LogP contribution in [0, 0.1) is 25.5 Å². The molecule has 0 aromatic heterocycles. The molecule has 0 saturated heterocycles. The Hall–Kier alpha value is -1.75. The fourth-order valence-corrected chi connectivity index (χ4v) is 2.34. The van der Waals surface area contributed by atoms with Gasteiger partial charge in [0.1, 0.15) is 17.4 Å². The molecule has 2 rings (SSSR count). The number of carbonyl (C=O) groups is 1. The van der Waals surface area contributed by atoms with Crippen LogP contribution in [0.15, 0.2) is 28.7 Å². The molecule has 2 aromatic rings. The van der Waals surface area contributed by atoms with E-state index in [2.05, 4.69) is 15.9 Å². The molecule has 0 spiro atoms. The van der Waals surface area contributed by atoms with Crippen molar-refractivity contribution in [1.29, 1.82) is 0 Å². The molecule has 2 aromatic carbocycles. The topological polar surface area (TPSA) is 26.3 Å². The molecule has 0 amide bonds. The van der Waals surface area contributed by atoms with Crippen molar-refractivity contribution in [3.05, 3.63) is 62.6 Å². The van der Waals surface area contributed by atoms with E-state index >= 15 is 0 Å². The number of hydrogen-bond donors (Lipinski definition) is 0. The van der Waals surface area contributed by atoms with Crippen molar-refractivity contribution < 1.29 is 18.3 Å². The molecule has 0 saturated carbocycles. The van der Waals surface area contributed by atoms with Crippen molar-refractivity contribution in [2.24, 2.45) is 0 Å². The Morgan fingerprint density at radius 1 is 1.14 bits per heavy atom. The third-order valence-corrected chi connectivity index (χ3v) is 4.09. The Morgan fingerprint density at radius 3 is 2.43 bits per heavy atom. The van der Waals surface area contributed by atoms with Crippen molar-refractivity contribution in [1.82, 2.24) is 0 Å². The van der Waals surface area contributed by atoms with Gasteiger partial charge in [-0.05, 0) is 43.2 Å². The highest BCUT2D eigenvalue weighted by Gasteiger charge is 2.24. The minimum Gasteiger partial charge on any atom is -0.496 e. The Labute approximate surface area is 129 Å². The van der Waals surface area contributed by atoms with E-state index in [1.54, 1.807) is 6.07 Å². The summed E-state index contributed by atoms with van der Waals surface area (Å²) >= 11 is 3.31. The van der Waals surface area contributed by atoms with Gasteiger partial charge in [-0.15, -0.1) is 0 Å². The number of halogens is 3. The second-order valence-corrected chi connectivity index (χ2v) is 5.54. The van der Waals surface area contributed by atoms with Crippen molar-refractivity contribution in [2.45, 2.75) is 13.8 Å². The number of ketones is 1. The molecular weight excluding hydrogens is 342 g/mol. The number of hydrogen-bond acceptors (Lipinski definition) is 2. The SMILES string of the molecule is COc1cc(C)c(Br)cc1C(=O)c1c(F)ccc(C)c1F. The predicted molar refractivity (Wildman–Crippen MR) is 80.0 cm³/mol. The van der Waals surface area contributed by atoms with Crippen LogP contribution in [-0.2, 0) is 0 Å². The molecule has 0 fully saturated rings. The van der Waals surface area contributed by atoms with Gasteiger partial charge in [0.05, 0.1) is 18.2 Å². The van der Waals surface area contributed by atoms with Crippen LogP contribution in [0.5, 0.6) is 5.75 Å². The van der Waals surface area contributed by atoms with E-state index in [0.29, 0.717) is 4.47 Å². The lowest BCUT2D eigenvalue weighted by molar-refractivity contribution is 0.102. The zero-order valence-electron chi connectivity index (χ0n) is 11.8. The molecule has 0 aliphatic carbocycles. The first-order chi connectivity index (χ1) is 9.86. The van der Waals surface area contributed by atoms with Crippen molar-refractivity contribution in [3.63, 3.8) is 0 Å². The highest BCUT2D eigenvalue weighted by molar-refractivity contribution is 9.10. The van der Waals surface area contributed by atoms with E-state index in [-0.39, 0.29) is 16.9 Å². The first kappa shape index (κ1) is 15.6. The summed E-state index contributed by atoms with van der Waals surface area (Å²) < 4.78 is 33.8. The monoisotopic (exact) mass is 354 g/mol. The molecule has 0 atom stereocenters. The highest BCUT2D eigenvalue weighted by atomic mass is 79.9. The molecule has 2 nitrogen and oxygen atoms in total. The van der Waals surface area contributed by atoms with Crippen LogP contribution in [0.25, 0.3) is 0 Å². The normalized spacial score (nSPS) is 10.6. The number of methoxy groups -OCH3 is 1. The average Bonchev–Trinajstić information content (AvgIpc) is 2.45. The first-order valence-electron chi connectivity index (χ1n) is 6.20. The Balaban J connectivity index is 2.66. The molecular formula is C16H13BrF2O2. The predicted octanol–water partition coefficient (Wildman–Crippen LogP) is 4.58. The summed E-state index contributed by atoms with van der Waals surface area (Å²) in [6.45, 7) is 3.31. The van der Waals surface area contributed by atoms with Crippen molar-refractivity contribution in [3.8, 4) is 5.75 Å². The van der Waals surface area contributed by atoms with Gasteiger partial charge in [0, 0.05) is 4.47 Å². The lowest BCUT2D eigenvalue weighted by Crippen LogP contribution is -2.10. The van der Waals surface area contributed by atoms with Gasteiger partial charge < -0.3 is 4.74 Å². The number of ether oxygens (including phenoxy) is 1. The molecule has 0 unspecified atom stereocenters. The summed E-state index contributed by atoms with van der Waals surface area (Å²) in [6.07, 6.45) is 0. The molecule has 0 N–H and O–H groups in total. The van der Waals surface area contributed by atoms with Crippen LogP contribution in [0.3, 0.4) is 0 Å². The molecule has 0 aliphatic heterocycles. The van der Waals surface area contributed by atoms with Crippen LogP contribution in [0.1, 0.15) is 27.0 Å². The highest BCUT2D eigenvalue weighted by Crippen LogP contribution is 2.30. The summed E-state index contributed by atoms with van der Waals surface area (Å²) in [5.74, 6) is -2.20. The third-order valence-electron chi connectivity index (χ3n) is 3.24. The smallest absolute Gasteiger partial charge is 0.202 e. The summed E-state index contributed by atoms with van der Waals surface area (Å²) in [4.78, 5) is 12.5. The van der Waals surface area contributed by atoms with Crippen LogP contribution < -0.4 is 4.74 Å². The molecule has 21 heavy (non-hydrogen) atoms. The lowest BCUT2D eigenvalue weighted by Gasteiger charge is -2.12. The Morgan fingerprint density at radius 2 is 1.81 bits per heavy atom. The summed E-state index contributed by atoms with van der Waals surface area (Å²) in [7, 11) is 1.41. The van der Waals surface area contributed by atoms with Gasteiger partial charge in [0.2, 0.25) is 5.78 Å². The van der Waals surface area contributed by atoms with Gasteiger partial charge in [-0.1, -0.05) is 22.0 Å². The lowest BCUT2D eigenvalue weighted by atomic mass is 9.98. The third kappa shape index (κ3) is 2.83. The second kappa shape index (κ2) is 5.93. The largest absolute Gasteiger partial charge is 0.496 e. The van der Waals surface area contributed by atoms with Gasteiger partial charge in [-0.25, -0.2) is 8.78 Å². The number of carbonyl (C=O) groups excluding carboxylic acids is 1. The maximum absolute atomic E-state index is 14.1. The van der Waals surface area contributed by atoms with E-state index in [1.807, 2.05) is 6.92 Å². The average molecular weight is 355 g/mol. The van der Waals surface area contributed by atoms with Gasteiger partial charge in [0.15, 0.2) is 0 Å². The molecule has 110 valence electrons. The van der Waals surface area contributed by atoms with Crippen molar-refractivity contribution >= 4 is 21.7 Å². The summed E-state index contributed by atoms with van der Waals surface area (Å²) in [5, 5.41) is 0. The van der Waals surface area contributed by atoms with Gasteiger partial charge in [-0.3, -0.25) is 4.79 Å². The Bertz CT molecular complexity index is 727. The van der Waals surface area contributed by atoms with E-state index in [9.17, 15) is 13.6 Å². The van der Waals surface area contributed by atoms with Crippen LogP contribution in [-0.4, -0.2) is 12.9 Å². The van der Waals surface area contributed by atoms with Crippen molar-refractivity contribution in [2.75, 3.05) is 7.11 Å². The van der Waals surface area contributed by atoms with E-state index in [0.717, 1.165) is 11.6 Å². The maximum atomic E-state index is 14.1. The minimum atomic E-state index is -0.887. The quantitative estimate of drug-likeness (QED) is 0.754. The molecule has 5 heteroatoms. The fourth-order valence-electron chi connectivity index (χ4n) is 2.00. The summed E-state index contributed by atoms with van der Waals surface area (Å²) in [5.41, 5.74) is 0.612. The van der Waals surface area contributed by atoms with Crippen LogP contribution in [0.2, 0.25) is 0 Å². The van der Waals surface area contributed by atoms with E-state index < -0.39 is 23.0 Å². The summed E-state index contributed by atoms with van der Waals surface area (Å²) in [6, 6.07) is 5.53. The minimum absolute atomic E-state index is 0.110. The second-order valence-electron chi connectivity index (χ2n) is 4.68. The van der Waals surface area contributed by atoms with Crippen LogP contribution in [0.4, 0.5) is 8.78 Å². The molecule has 0 aliphatic rings.